The van der Waals surface area contributed by atoms with Gasteiger partial charge in [0, 0.05) is 0 Å². The predicted molar refractivity (Wildman–Crippen MR) is 112 cm³/mol. The number of aryl methyl sites for hydroxylation is 2. The van der Waals surface area contributed by atoms with Crippen LogP contribution in [0.5, 0.6) is 5.75 Å². The zero-order valence-corrected chi connectivity index (χ0v) is 17.8. The van der Waals surface area contributed by atoms with E-state index in [2.05, 4.69) is 5.32 Å². The fraction of sp³-hybridized carbons (Fsp3) is 0.381. The van der Waals surface area contributed by atoms with Crippen LogP contribution in [-0.2, 0) is 14.8 Å². The van der Waals surface area contributed by atoms with Gasteiger partial charge in [-0.05, 0) is 57.5 Å². The maximum absolute atomic E-state index is 12.7. The average Bonchev–Trinajstić information content (AvgIpc) is 2.60. The van der Waals surface area contributed by atoms with Crippen LogP contribution in [0.15, 0.2) is 48.5 Å². The number of ether oxygens (including phenoxy) is 1. The first-order valence-corrected chi connectivity index (χ1v) is 11.0. The summed E-state index contributed by atoms with van der Waals surface area (Å²) in [5.74, 6) is 0.337. The number of carbonyl (C=O) groups excluding carboxylic acids is 1. The van der Waals surface area contributed by atoms with E-state index in [0.717, 1.165) is 27.4 Å². The number of anilines is 1. The molecule has 2 atom stereocenters. The summed E-state index contributed by atoms with van der Waals surface area (Å²) in [6.45, 7) is 7.54. The van der Waals surface area contributed by atoms with E-state index in [1.165, 1.54) is 0 Å². The van der Waals surface area contributed by atoms with Crippen molar-refractivity contribution in [2.45, 2.75) is 39.8 Å². The highest BCUT2D eigenvalue weighted by molar-refractivity contribution is 7.92. The monoisotopic (exact) mass is 404 g/mol. The molecule has 0 heterocycles. The quantitative estimate of drug-likeness (QED) is 0.734. The van der Waals surface area contributed by atoms with Gasteiger partial charge in [0.05, 0.1) is 18.0 Å². The molecule has 2 aromatic rings. The molecule has 2 aromatic carbocycles. The van der Waals surface area contributed by atoms with Crippen LogP contribution in [0.2, 0.25) is 0 Å². The van der Waals surface area contributed by atoms with E-state index >= 15 is 0 Å². The lowest BCUT2D eigenvalue weighted by Gasteiger charge is -2.29. The van der Waals surface area contributed by atoms with Crippen molar-refractivity contribution in [1.29, 1.82) is 0 Å². The second-order valence-corrected chi connectivity index (χ2v) is 8.97. The predicted octanol–water partition coefficient (Wildman–Crippen LogP) is 3.04. The molecule has 1 N–H and O–H groups in total. The average molecular weight is 405 g/mol. The molecule has 7 heteroatoms. The Kier molecular flexibility index (Phi) is 7.07. The molecule has 1 amide bonds. The van der Waals surface area contributed by atoms with Crippen LogP contribution >= 0.6 is 0 Å². The summed E-state index contributed by atoms with van der Waals surface area (Å²) in [5.41, 5.74) is 2.52. The van der Waals surface area contributed by atoms with Crippen molar-refractivity contribution in [3.63, 3.8) is 0 Å². The van der Waals surface area contributed by atoms with E-state index in [9.17, 15) is 13.2 Å². The highest BCUT2D eigenvalue weighted by Crippen LogP contribution is 2.22. The van der Waals surface area contributed by atoms with Gasteiger partial charge in [-0.1, -0.05) is 29.8 Å². The Morgan fingerprint density at radius 2 is 1.71 bits per heavy atom. The van der Waals surface area contributed by atoms with E-state index in [4.69, 9.17) is 4.74 Å². The Labute approximate surface area is 167 Å². The van der Waals surface area contributed by atoms with Gasteiger partial charge in [-0.15, -0.1) is 0 Å². The molecule has 0 aliphatic heterocycles. The van der Waals surface area contributed by atoms with Crippen molar-refractivity contribution >= 4 is 21.6 Å². The van der Waals surface area contributed by atoms with Crippen molar-refractivity contribution in [3.8, 4) is 5.75 Å². The van der Waals surface area contributed by atoms with Gasteiger partial charge in [-0.25, -0.2) is 8.42 Å². The molecule has 0 aliphatic carbocycles. The molecule has 2 rings (SSSR count). The second kappa shape index (κ2) is 9.10. The minimum absolute atomic E-state index is 0.282. The van der Waals surface area contributed by atoms with E-state index in [1.807, 2.05) is 51.1 Å². The van der Waals surface area contributed by atoms with Crippen LogP contribution in [-0.4, -0.2) is 39.3 Å². The van der Waals surface area contributed by atoms with E-state index in [-0.39, 0.29) is 18.6 Å². The van der Waals surface area contributed by atoms with Gasteiger partial charge in [-0.3, -0.25) is 9.10 Å². The molecule has 152 valence electrons. The van der Waals surface area contributed by atoms with Crippen molar-refractivity contribution < 1.29 is 17.9 Å². The number of nitrogens with one attached hydrogen (secondary N) is 1. The number of hydrogen-bond donors (Lipinski definition) is 1. The van der Waals surface area contributed by atoms with Gasteiger partial charge in [0.15, 0.2) is 0 Å². The Bertz CT molecular complexity index is 910. The summed E-state index contributed by atoms with van der Waals surface area (Å²) < 4.78 is 31.5. The van der Waals surface area contributed by atoms with Crippen LogP contribution in [0.1, 0.15) is 25.0 Å². The molecule has 0 bridgehead atoms. The highest BCUT2D eigenvalue weighted by atomic mass is 32.2. The number of hydrogen-bond acceptors (Lipinski definition) is 4. The molecule has 2 unspecified atom stereocenters. The standard InChI is InChI=1S/C21H28N2O4S/c1-15-9-11-20(12-10-15)27-14-17(3)22-21(24)18(4)23(28(5,25)26)19-8-6-7-16(2)13-19/h6-13,17-18H,14H2,1-5H3,(H,22,24). The van der Waals surface area contributed by atoms with Gasteiger partial charge in [0.25, 0.3) is 0 Å². The van der Waals surface area contributed by atoms with Crippen molar-refractivity contribution in [3.05, 3.63) is 59.7 Å². The van der Waals surface area contributed by atoms with Gasteiger partial charge >= 0.3 is 0 Å². The first kappa shape index (κ1) is 21.8. The summed E-state index contributed by atoms with van der Waals surface area (Å²) in [5, 5.41) is 2.83. The zero-order chi connectivity index (χ0) is 20.9. The smallest absolute Gasteiger partial charge is 0.243 e. The van der Waals surface area contributed by atoms with Crippen LogP contribution < -0.4 is 14.4 Å². The highest BCUT2D eigenvalue weighted by Gasteiger charge is 2.29. The fourth-order valence-electron chi connectivity index (χ4n) is 2.83. The maximum atomic E-state index is 12.7. The van der Waals surface area contributed by atoms with E-state index in [1.54, 1.807) is 25.1 Å². The number of sulfonamides is 1. The lowest BCUT2D eigenvalue weighted by atomic mass is 10.2. The molecule has 0 aliphatic rings. The van der Waals surface area contributed by atoms with Crippen molar-refractivity contribution in [2.75, 3.05) is 17.2 Å². The van der Waals surface area contributed by atoms with Crippen molar-refractivity contribution in [2.24, 2.45) is 0 Å². The van der Waals surface area contributed by atoms with Crippen LogP contribution in [0.3, 0.4) is 0 Å². The Hall–Kier alpha value is -2.54. The van der Waals surface area contributed by atoms with E-state index in [0.29, 0.717) is 5.69 Å². The summed E-state index contributed by atoms with van der Waals surface area (Å²) in [7, 11) is -3.63. The molecule has 28 heavy (non-hydrogen) atoms. The van der Waals surface area contributed by atoms with E-state index < -0.39 is 16.1 Å². The number of carbonyl (C=O) groups is 1. The Balaban J connectivity index is 2.04. The second-order valence-electron chi connectivity index (χ2n) is 7.11. The van der Waals surface area contributed by atoms with Crippen LogP contribution in [0.25, 0.3) is 0 Å². The van der Waals surface area contributed by atoms with Gasteiger partial charge in [0.1, 0.15) is 18.4 Å². The molecular formula is C21H28N2O4S. The van der Waals surface area contributed by atoms with Gasteiger partial charge in [0.2, 0.25) is 15.9 Å². The molecule has 0 aromatic heterocycles. The normalized spacial score (nSPS) is 13.5. The molecule has 0 spiro atoms. The first-order valence-electron chi connectivity index (χ1n) is 9.14. The summed E-state index contributed by atoms with van der Waals surface area (Å²) >= 11 is 0. The minimum atomic E-state index is -3.63. The van der Waals surface area contributed by atoms with Crippen LogP contribution in [0.4, 0.5) is 5.69 Å². The Morgan fingerprint density at radius 1 is 1.07 bits per heavy atom. The molecule has 6 nitrogen and oxygen atoms in total. The molecule has 0 radical (unpaired) electrons. The summed E-state index contributed by atoms with van der Waals surface area (Å²) in [6, 6.07) is 13.5. The number of amides is 1. The zero-order valence-electron chi connectivity index (χ0n) is 17.0. The van der Waals surface area contributed by atoms with Crippen molar-refractivity contribution in [1.82, 2.24) is 5.32 Å². The number of benzene rings is 2. The molecule has 0 saturated carbocycles. The first-order chi connectivity index (χ1) is 13.1. The fourth-order valence-corrected chi connectivity index (χ4v) is 4.00. The lowest BCUT2D eigenvalue weighted by molar-refractivity contribution is -0.122. The van der Waals surface area contributed by atoms with Gasteiger partial charge < -0.3 is 10.1 Å². The maximum Gasteiger partial charge on any atom is 0.243 e. The summed E-state index contributed by atoms with van der Waals surface area (Å²) in [6.07, 6.45) is 1.10. The topological polar surface area (TPSA) is 75.7 Å². The third kappa shape index (κ3) is 5.99. The van der Waals surface area contributed by atoms with Crippen LogP contribution in [0, 0.1) is 13.8 Å². The van der Waals surface area contributed by atoms with Gasteiger partial charge in [-0.2, -0.15) is 0 Å². The third-order valence-corrected chi connectivity index (χ3v) is 5.50. The number of rotatable bonds is 8. The molecule has 0 fully saturated rings. The molecular weight excluding hydrogens is 376 g/mol. The minimum Gasteiger partial charge on any atom is -0.491 e. The summed E-state index contributed by atoms with van der Waals surface area (Å²) in [4.78, 5) is 12.7. The largest absolute Gasteiger partial charge is 0.491 e. The lowest BCUT2D eigenvalue weighted by Crippen LogP contribution is -2.50. The third-order valence-electron chi connectivity index (χ3n) is 4.25. The Morgan fingerprint density at radius 3 is 2.29 bits per heavy atom. The number of nitrogens with zero attached hydrogens (tertiary/aromatic N) is 1. The SMILES string of the molecule is Cc1ccc(OCC(C)NC(=O)C(C)N(c2cccc(C)c2)S(C)(=O)=O)cc1. The molecule has 0 saturated heterocycles.